The SMILES string of the molecule is CN1C(=O)[C@@H]2[C@H](C1=O)[C@]1(c3ccccc3)C(c3ccccc3)=C(c3ccccc3)[C@@]2(c2ccccc2)[Ge]1([CH3])[CH3]. The van der Waals surface area contributed by atoms with Crippen LogP contribution in [0.25, 0.3) is 11.1 Å². The van der Waals surface area contributed by atoms with Crippen molar-refractivity contribution in [3.8, 4) is 0 Å². The van der Waals surface area contributed by atoms with E-state index in [4.69, 9.17) is 0 Å². The first kappa shape index (κ1) is 24.4. The molecule has 4 heteroatoms. The molecule has 192 valence electrons. The summed E-state index contributed by atoms with van der Waals surface area (Å²) < 4.78 is -1.10. The van der Waals surface area contributed by atoms with Gasteiger partial charge in [-0.05, 0) is 0 Å². The van der Waals surface area contributed by atoms with Crippen LogP contribution in [-0.2, 0) is 18.1 Å². The number of allylic oxidation sites excluding steroid dienone is 2. The summed E-state index contributed by atoms with van der Waals surface area (Å²) in [6.45, 7) is 0. The van der Waals surface area contributed by atoms with E-state index in [9.17, 15) is 9.59 Å². The van der Waals surface area contributed by atoms with Crippen LogP contribution in [0.5, 0.6) is 0 Å². The molecule has 3 aliphatic heterocycles. The van der Waals surface area contributed by atoms with Gasteiger partial charge in [-0.3, -0.25) is 0 Å². The fourth-order valence-corrected chi connectivity index (χ4v) is 22.1. The molecule has 39 heavy (non-hydrogen) atoms. The van der Waals surface area contributed by atoms with E-state index in [1.54, 1.807) is 7.05 Å². The Bertz CT molecular complexity index is 1510. The van der Waals surface area contributed by atoms with Gasteiger partial charge in [0.2, 0.25) is 0 Å². The van der Waals surface area contributed by atoms with E-state index in [1.165, 1.54) is 27.2 Å². The predicted molar refractivity (Wildman–Crippen MR) is 158 cm³/mol. The molecular weight excluding hydrogens is 539 g/mol. The molecule has 0 aliphatic carbocycles. The molecule has 0 aromatic heterocycles. The van der Waals surface area contributed by atoms with Gasteiger partial charge in [-0.25, -0.2) is 0 Å². The van der Waals surface area contributed by atoms with Crippen molar-refractivity contribution in [3.63, 3.8) is 0 Å². The first-order valence-corrected chi connectivity index (χ1v) is 20.0. The second kappa shape index (κ2) is 8.40. The molecule has 2 saturated heterocycles. The van der Waals surface area contributed by atoms with Crippen LogP contribution in [0.4, 0.5) is 0 Å². The molecule has 4 aromatic carbocycles. The van der Waals surface area contributed by atoms with E-state index in [2.05, 4.69) is 121 Å². The van der Waals surface area contributed by atoms with Crippen LogP contribution in [0.1, 0.15) is 22.3 Å². The third-order valence-electron chi connectivity index (χ3n) is 10.1. The molecule has 3 heterocycles. The maximum absolute atomic E-state index is 14.4. The number of fused-ring (bicyclic) bond motifs is 5. The van der Waals surface area contributed by atoms with Gasteiger partial charge in [0, 0.05) is 0 Å². The van der Waals surface area contributed by atoms with E-state index in [0.717, 1.165) is 11.1 Å². The van der Waals surface area contributed by atoms with Crippen molar-refractivity contribution in [1.82, 2.24) is 4.90 Å². The minimum atomic E-state index is -3.41. The van der Waals surface area contributed by atoms with Crippen molar-refractivity contribution in [3.05, 3.63) is 144 Å². The summed E-state index contributed by atoms with van der Waals surface area (Å²) in [7, 11) is 1.68. The third kappa shape index (κ3) is 2.74. The third-order valence-corrected chi connectivity index (χ3v) is 21.9. The number of imide groups is 1. The molecule has 2 bridgehead atoms. The van der Waals surface area contributed by atoms with E-state index in [0.29, 0.717) is 0 Å². The van der Waals surface area contributed by atoms with Gasteiger partial charge in [-0.15, -0.1) is 0 Å². The van der Waals surface area contributed by atoms with Gasteiger partial charge in [0.15, 0.2) is 0 Å². The molecule has 0 spiro atoms. The van der Waals surface area contributed by atoms with Crippen molar-refractivity contribution in [2.75, 3.05) is 7.05 Å². The van der Waals surface area contributed by atoms with Crippen LogP contribution in [0.15, 0.2) is 121 Å². The van der Waals surface area contributed by atoms with Crippen LogP contribution in [0.2, 0.25) is 11.5 Å². The average Bonchev–Trinajstić information content (AvgIpc) is 3.41. The van der Waals surface area contributed by atoms with E-state index >= 15 is 0 Å². The van der Waals surface area contributed by atoms with Gasteiger partial charge < -0.3 is 0 Å². The molecular formula is C35H31GeNO2. The normalized spacial score (nSPS) is 28.7. The second-order valence-electron chi connectivity index (χ2n) is 11.6. The number of carbonyl (C=O) groups excluding carboxylic acids is 2. The molecule has 0 radical (unpaired) electrons. The number of nitrogens with zero attached hydrogens (tertiary/aromatic N) is 1. The summed E-state index contributed by atoms with van der Waals surface area (Å²) in [6.07, 6.45) is 0. The van der Waals surface area contributed by atoms with Gasteiger partial charge in [-0.1, -0.05) is 0 Å². The topological polar surface area (TPSA) is 37.4 Å². The molecule has 0 N–H and O–H groups in total. The summed E-state index contributed by atoms with van der Waals surface area (Å²) in [4.78, 5) is 30.1. The quantitative estimate of drug-likeness (QED) is 0.207. The minimum absolute atomic E-state index is 0.0362. The number of hydrogen-bond donors (Lipinski definition) is 0. The number of amides is 2. The van der Waals surface area contributed by atoms with Gasteiger partial charge in [0.25, 0.3) is 0 Å². The number of hydrogen-bond acceptors (Lipinski definition) is 2. The zero-order chi connectivity index (χ0) is 27.0. The van der Waals surface area contributed by atoms with Crippen LogP contribution in [0.3, 0.4) is 0 Å². The van der Waals surface area contributed by atoms with Crippen LogP contribution >= 0.6 is 0 Å². The molecule has 7 rings (SSSR count). The van der Waals surface area contributed by atoms with Crippen LogP contribution < -0.4 is 0 Å². The summed E-state index contributed by atoms with van der Waals surface area (Å²) >= 11 is -3.41. The van der Waals surface area contributed by atoms with E-state index < -0.39 is 33.6 Å². The first-order chi connectivity index (χ1) is 18.9. The van der Waals surface area contributed by atoms with Gasteiger partial charge in [0.05, 0.1) is 0 Å². The number of rotatable bonds is 4. The zero-order valence-electron chi connectivity index (χ0n) is 22.5. The standard InChI is InChI=1S/C35H31GeNO2/c1-36(2)34(26-20-12-6-13-21-26)28(24-16-8-4-9-17-24)29(25-18-10-5-11-19-25)35(36,27-22-14-7-15-23-27)31-30(34)32(38)37(3)33(31)39/h4-23,30-31H,1-3H3/t30-,31+,34+,35-. The summed E-state index contributed by atoms with van der Waals surface area (Å²) in [5.74, 6) is 4.03. The van der Waals surface area contributed by atoms with Crippen molar-refractivity contribution in [2.24, 2.45) is 11.8 Å². The molecule has 0 saturated carbocycles. The Balaban J connectivity index is 1.77. The number of likely N-dealkylation sites (tertiary alicyclic amines) is 1. The van der Waals surface area contributed by atoms with Crippen molar-refractivity contribution in [2.45, 2.75) is 20.0 Å². The maximum atomic E-state index is 14.4. The second-order valence-corrected chi connectivity index (χ2v) is 21.8. The van der Waals surface area contributed by atoms with E-state index in [1.807, 2.05) is 12.1 Å². The molecule has 3 aliphatic rings. The first-order valence-electron chi connectivity index (χ1n) is 13.7. The van der Waals surface area contributed by atoms with Crippen molar-refractivity contribution in [1.29, 1.82) is 0 Å². The monoisotopic (exact) mass is 571 g/mol. The Labute approximate surface area is 232 Å². The fraction of sp³-hybridized carbons (Fsp3) is 0.200. The van der Waals surface area contributed by atoms with E-state index in [-0.39, 0.29) is 11.8 Å². The summed E-state index contributed by atoms with van der Waals surface area (Å²) in [5.41, 5.74) is 7.11. The van der Waals surface area contributed by atoms with Gasteiger partial charge in [0.1, 0.15) is 0 Å². The molecule has 2 amide bonds. The van der Waals surface area contributed by atoms with Gasteiger partial charge >= 0.3 is 233 Å². The average molecular weight is 570 g/mol. The van der Waals surface area contributed by atoms with Crippen LogP contribution in [0, 0.1) is 11.8 Å². The molecule has 4 aromatic rings. The summed E-state index contributed by atoms with van der Waals surface area (Å²) in [6, 6.07) is 42.5. The molecule has 0 unspecified atom stereocenters. The zero-order valence-corrected chi connectivity index (χ0v) is 24.6. The van der Waals surface area contributed by atoms with Gasteiger partial charge in [-0.2, -0.15) is 0 Å². The van der Waals surface area contributed by atoms with Crippen LogP contribution in [-0.4, -0.2) is 37.0 Å². The number of benzene rings is 4. The molecule has 4 atom stereocenters. The Morgan fingerprint density at radius 2 is 0.846 bits per heavy atom. The van der Waals surface area contributed by atoms with Crippen molar-refractivity contribution < 1.29 is 9.59 Å². The van der Waals surface area contributed by atoms with Crippen molar-refractivity contribution >= 4 is 36.2 Å². The Morgan fingerprint density at radius 3 is 1.18 bits per heavy atom. The Hall–Kier alpha value is -3.70. The molecule has 3 nitrogen and oxygen atoms in total. The Kier molecular flexibility index (Phi) is 5.24. The summed E-state index contributed by atoms with van der Waals surface area (Å²) in [5, 5.41) is 0. The Morgan fingerprint density at radius 1 is 0.538 bits per heavy atom. The fourth-order valence-electron chi connectivity index (χ4n) is 8.83. The predicted octanol–water partition coefficient (Wildman–Crippen LogP) is 6.52. The number of carbonyl (C=O) groups is 2. The molecule has 2 fully saturated rings.